The summed E-state index contributed by atoms with van der Waals surface area (Å²) < 4.78 is 0. The monoisotopic (exact) mass is 279 g/mol. The van der Waals surface area contributed by atoms with Crippen LogP contribution >= 0.6 is 0 Å². The molecule has 0 bridgehead atoms. The summed E-state index contributed by atoms with van der Waals surface area (Å²) in [5.74, 6) is 0.808. The van der Waals surface area contributed by atoms with E-state index < -0.39 is 0 Å². The number of hydrogen-bond acceptors (Lipinski definition) is 4. The van der Waals surface area contributed by atoms with Crippen LogP contribution in [0.2, 0.25) is 0 Å². The second-order valence-electron chi connectivity index (χ2n) is 6.44. The summed E-state index contributed by atoms with van der Waals surface area (Å²) in [5.41, 5.74) is -0.127. The molecule has 6 heteroatoms. The van der Waals surface area contributed by atoms with Gasteiger partial charge < -0.3 is 10.2 Å². The Bertz CT molecular complexity index is 454. The Hall–Kier alpha value is -1.43. The molecule has 0 aromatic carbocycles. The minimum Gasteiger partial charge on any atom is -0.346 e. The fourth-order valence-corrected chi connectivity index (χ4v) is 2.34. The van der Waals surface area contributed by atoms with Crippen molar-refractivity contribution in [2.75, 3.05) is 19.6 Å². The van der Waals surface area contributed by atoms with E-state index in [-0.39, 0.29) is 23.2 Å². The predicted molar refractivity (Wildman–Crippen MR) is 77.7 cm³/mol. The third-order valence-electron chi connectivity index (χ3n) is 3.77. The molecule has 0 unspecified atom stereocenters. The summed E-state index contributed by atoms with van der Waals surface area (Å²) in [6, 6.07) is 0.238. The van der Waals surface area contributed by atoms with Gasteiger partial charge in [0.25, 0.3) is 5.91 Å². The van der Waals surface area contributed by atoms with Crippen molar-refractivity contribution in [1.29, 1.82) is 0 Å². The van der Waals surface area contributed by atoms with Crippen LogP contribution in [0, 0.1) is 0 Å². The molecular weight excluding hydrogens is 254 g/mol. The number of hydrogen-bond donors (Lipinski definition) is 2. The zero-order valence-corrected chi connectivity index (χ0v) is 12.9. The molecule has 2 heterocycles. The number of amides is 1. The van der Waals surface area contributed by atoms with Crippen LogP contribution in [0.25, 0.3) is 0 Å². The summed E-state index contributed by atoms with van der Waals surface area (Å²) in [6.45, 7) is 11.4. The number of H-pyrrole nitrogens is 1. The van der Waals surface area contributed by atoms with Crippen molar-refractivity contribution in [3.8, 4) is 0 Å². The number of carbonyl (C=O) groups excluding carboxylic acids is 1. The minimum atomic E-state index is -0.174. The Morgan fingerprint density at radius 1 is 1.40 bits per heavy atom. The summed E-state index contributed by atoms with van der Waals surface area (Å²) in [4.78, 5) is 18.8. The maximum atomic E-state index is 12.1. The Morgan fingerprint density at radius 2 is 2.05 bits per heavy atom. The Morgan fingerprint density at radius 3 is 2.55 bits per heavy atom. The normalized spacial score (nSPS) is 18.2. The second kappa shape index (κ2) is 5.91. The number of likely N-dealkylation sites (tertiary alicyclic amines) is 1. The van der Waals surface area contributed by atoms with Crippen molar-refractivity contribution in [2.45, 2.75) is 52.0 Å². The zero-order chi connectivity index (χ0) is 14.8. The lowest BCUT2D eigenvalue weighted by atomic mass is 9.96. The van der Waals surface area contributed by atoms with Crippen LogP contribution < -0.4 is 5.32 Å². The van der Waals surface area contributed by atoms with Gasteiger partial charge in [0, 0.05) is 24.5 Å². The average Bonchev–Trinajstić information content (AvgIpc) is 2.89. The topological polar surface area (TPSA) is 73.9 Å². The molecule has 112 valence electrons. The standard InChI is InChI=1S/C14H25N5O/c1-5-19-8-6-10(7-9-19)15-12(20)11-16-13(18-17-11)14(2,3)4/h10H,5-9H2,1-4H3,(H,15,20)(H,16,17,18). The molecule has 2 rings (SSSR count). The van der Waals surface area contributed by atoms with Crippen LogP contribution in [0.4, 0.5) is 0 Å². The molecule has 6 nitrogen and oxygen atoms in total. The van der Waals surface area contributed by atoms with E-state index in [0.717, 1.165) is 38.3 Å². The van der Waals surface area contributed by atoms with Crippen LogP contribution in [-0.4, -0.2) is 51.7 Å². The first-order valence-corrected chi connectivity index (χ1v) is 7.36. The fourth-order valence-electron chi connectivity index (χ4n) is 2.34. The third-order valence-corrected chi connectivity index (χ3v) is 3.77. The molecule has 1 aliphatic heterocycles. The van der Waals surface area contributed by atoms with E-state index in [1.807, 2.05) is 20.8 Å². The van der Waals surface area contributed by atoms with E-state index in [1.165, 1.54) is 0 Å². The molecule has 1 amide bonds. The Labute approximate surface area is 120 Å². The quantitative estimate of drug-likeness (QED) is 0.875. The van der Waals surface area contributed by atoms with Crippen molar-refractivity contribution < 1.29 is 4.79 Å². The van der Waals surface area contributed by atoms with Gasteiger partial charge in [0.05, 0.1) is 0 Å². The van der Waals surface area contributed by atoms with Gasteiger partial charge in [0.2, 0.25) is 5.82 Å². The maximum Gasteiger partial charge on any atom is 0.291 e. The summed E-state index contributed by atoms with van der Waals surface area (Å²) in [5, 5.41) is 9.90. The molecule has 0 radical (unpaired) electrons. The molecule has 2 N–H and O–H groups in total. The first-order valence-electron chi connectivity index (χ1n) is 7.36. The van der Waals surface area contributed by atoms with Crippen molar-refractivity contribution in [2.24, 2.45) is 0 Å². The second-order valence-corrected chi connectivity index (χ2v) is 6.44. The van der Waals surface area contributed by atoms with Crippen molar-refractivity contribution in [1.82, 2.24) is 25.4 Å². The Balaban J connectivity index is 1.91. The first kappa shape index (κ1) is 15.0. The molecule has 20 heavy (non-hydrogen) atoms. The number of nitrogens with zero attached hydrogens (tertiary/aromatic N) is 3. The molecule has 1 aliphatic rings. The zero-order valence-electron chi connectivity index (χ0n) is 12.9. The molecule has 0 atom stereocenters. The fraction of sp³-hybridized carbons (Fsp3) is 0.786. The number of aromatic nitrogens is 3. The van der Waals surface area contributed by atoms with Crippen LogP contribution in [0.5, 0.6) is 0 Å². The van der Waals surface area contributed by atoms with Crippen LogP contribution in [-0.2, 0) is 5.41 Å². The number of piperidine rings is 1. The van der Waals surface area contributed by atoms with Gasteiger partial charge in [0.1, 0.15) is 5.82 Å². The van der Waals surface area contributed by atoms with E-state index in [2.05, 4.69) is 32.3 Å². The van der Waals surface area contributed by atoms with E-state index in [4.69, 9.17) is 0 Å². The van der Waals surface area contributed by atoms with Gasteiger partial charge in [-0.15, -0.1) is 5.10 Å². The Kier molecular flexibility index (Phi) is 4.42. The van der Waals surface area contributed by atoms with E-state index in [9.17, 15) is 4.79 Å². The van der Waals surface area contributed by atoms with Gasteiger partial charge in [-0.05, 0) is 19.4 Å². The molecule has 1 saturated heterocycles. The largest absolute Gasteiger partial charge is 0.346 e. The van der Waals surface area contributed by atoms with Crippen LogP contribution in [0.15, 0.2) is 0 Å². The molecule has 0 spiro atoms. The molecular formula is C14H25N5O. The predicted octanol–water partition coefficient (Wildman–Crippen LogP) is 1.32. The van der Waals surface area contributed by atoms with Crippen LogP contribution in [0.3, 0.4) is 0 Å². The van der Waals surface area contributed by atoms with E-state index in [1.54, 1.807) is 0 Å². The highest BCUT2D eigenvalue weighted by molar-refractivity contribution is 5.90. The van der Waals surface area contributed by atoms with Gasteiger partial charge in [-0.3, -0.25) is 9.89 Å². The number of rotatable bonds is 3. The molecule has 1 fully saturated rings. The smallest absolute Gasteiger partial charge is 0.291 e. The number of nitrogens with one attached hydrogen (secondary N) is 2. The summed E-state index contributed by atoms with van der Waals surface area (Å²) in [7, 11) is 0. The highest BCUT2D eigenvalue weighted by Gasteiger charge is 2.24. The SMILES string of the molecule is CCN1CCC(NC(=O)c2n[nH]c(C(C)(C)C)n2)CC1. The van der Waals surface area contributed by atoms with Crippen LogP contribution in [0.1, 0.15) is 57.0 Å². The van der Waals surface area contributed by atoms with Gasteiger partial charge in [-0.1, -0.05) is 27.7 Å². The number of carbonyl (C=O) groups is 1. The lowest BCUT2D eigenvalue weighted by molar-refractivity contribution is 0.0902. The molecule has 0 saturated carbocycles. The highest BCUT2D eigenvalue weighted by atomic mass is 16.2. The van der Waals surface area contributed by atoms with Crippen molar-refractivity contribution in [3.63, 3.8) is 0 Å². The van der Waals surface area contributed by atoms with Gasteiger partial charge >= 0.3 is 0 Å². The van der Waals surface area contributed by atoms with Crippen molar-refractivity contribution in [3.05, 3.63) is 11.6 Å². The lowest BCUT2D eigenvalue weighted by Gasteiger charge is -2.31. The minimum absolute atomic E-state index is 0.127. The number of aromatic amines is 1. The summed E-state index contributed by atoms with van der Waals surface area (Å²) >= 11 is 0. The first-order chi connectivity index (χ1) is 9.40. The third kappa shape index (κ3) is 3.56. The highest BCUT2D eigenvalue weighted by Crippen LogP contribution is 2.17. The van der Waals surface area contributed by atoms with Gasteiger partial charge in [-0.2, -0.15) is 0 Å². The maximum absolute atomic E-state index is 12.1. The summed E-state index contributed by atoms with van der Waals surface area (Å²) in [6.07, 6.45) is 1.99. The average molecular weight is 279 g/mol. The molecule has 1 aromatic rings. The molecule has 1 aromatic heterocycles. The lowest BCUT2D eigenvalue weighted by Crippen LogP contribution is -2.44. The van der Waals surface area contributed by atoms with Gasteiger partial charge in [-0.25, -0.2) is 4.98 Å². The van der Waals surface area contributed by atoms with Crippen molar-refractivity contribution >= 4 is 5.91 Å². The molecule has 0 aliphatic carbocycles. The van der Waals surface area contributed by atoms with E-state index in [0.29, 0.717) is 0 Å². The van der Waals surface area contributed by atoms with E-state index >= 15 is 0 Å². The van der Waals surface area contributed by atoms with Gasteiger partial charge in [0.15, 0.2) is 0 Å².